The molecule has 2 atom stereocenters. The summed E-state index contributed by atoms with van der Waals surface area (Å²) in [7, 11) is 0. The van der Waals surface area contributed by atoms with Crippen LogP contribution in [-0.2, 0) is 4.79 Å². The molecule has 0 aromatic heterocycles. The van der Waals surface area contributed by atoms with Crippen molar-refractivity contribution < 1.29 is 9.90 Å². The van der Waals surface area contributed by atoms with E-state index in [4.69, 9.17) is 0 Å². The van der Waals surface area contributed by atoms with Gasteiger partial charge in [-0.1, -0.05) is 55.5 Å². The molecule has 1 aliphatic rings. The number of carboxylic acids is 1. The molecule has 3 heteroatoms. The maximum absolute atomic E-state index is 11.3. The van der Waals surface area contributed by atoms with Crippen molar-refractivity contribution in [1.29, 1.82) is 0 Å². The Morgan fingerprint density at radius 3 is 2.44 bits per heavy atom. The van der Waals surface area contributed by atoms with Gasteiger partial charge in [0.05, 0.1) is 5.92 Å². The minimum absolute atomic E-state index is 0.162. The lowest BCUT2D eigenvalue weighted by Gasteiger charge is -2.26. The lowest BCUT2D eigenvalue weighted by molar-refractivity contribution is -0.142. The van der Waals surface area contributed by atoms with Gasteiger partial charge in [-0.25, -0.2) is 0 Å². The van der Waals surface area contributed by atoms with E-state index in [2.05, 4.69) is 29.8 Å². The summed E-state index contributed by atoms with van der Waals surface area (Å²) in [5.74, 6) is -0.779. The predicted octanol–water partition coefficient (Wildman–Crippen LogP) is 5.00. The first-order valence-corrected chi connectivity index (χ1v) is 8.19. The molecule has 18 heavy (non-hydrogen) atoms. The summed E-state index contributed by atoms with van der Waals surface area (Å²) < 4.78 is 0. The standard InChI is InChI=1S/C15H27BrO2/c1-15(2)9-5-3-4-8-13(16)11-12(14(17)18)7-6-10-15/h12-13H,3-11H2,1-2H3,(H,17,18). The van der Waals surface area contributed by atoms with Gasteiger partial charge in [-0.15, -0.1) is 0 Å². The third kappa shape index (κ3) is 6.21. The Balaban J connectivity index is 2.56. The van der Waals surface area contributed by atoms with Crippen LogP contribution >= 0.6 is 15.9 Å². The first kappa shape index (κ1) is 16.0. The molecular formula is C15H27BrO2. The maximum Gasteiger partial charge on any atom is 0.306 e. The molecule has 0 aromatic carbocycles. The average molecular weight is 319 g/mol. The Hall–Kier alpha value is -0.0500. The van der Waals surface area contributed by atoms with E-state index in [9.17, 15) is 9.90 Å². The molecule has 106 valence electrons. The molecule has 0 saturated heterocycles. The fourth-order valence-corrected chi connectivity index (χ4v) is 3.64. The molecule has 0 bridgehead atoms. The second kappa shape index (κ2) is 7.52. The summed E-state index contributed by atoms with van der Waals surface area (Å²) in [6.07, 6.45) is 10.0. The highest BCUT2D eigenvalue weighted by atomic mass is 79.9. The van der Waals surface area contributed by atoms with Crippen LogP contribution in [0, 0.1) is 11.3 Å². The van der Waals surface area contributed by atoms with Gasteiger partial charge in [0.2, 0.25) is 0 Å². The van der Waals surface area contributed by atoms with Crippen LogP contribution < -0.4 is 0 Å². The molecular weight excluding hydrogens is 292 g/mol. The lowest BCUT2D eigenvalue weighted by atomic mass is 9.80. The largest absolute Gasteiger partial charge is 0.481 e. The molecule has 2 nitrogen and oxygen atoms in total. The van der Waals surface area contributed by atoms with Gasteiger partial charge in [0.25, 0.3) is 0 Å². The Morgan fingerprint density at radius 2 is 1.78 bits per heavy atom. The summed E-state index contributed by atoms with van der Waals surface area (Å²) in [5.41, 5.74) is 0.385. The van der Waals surface area contributed by atoms with Crippen LogP contribution in [0.4, 0.5) is 0 Å². The minimum Gasteiger partial charge on any atom is -0.481 e. The highest BCUT2D eigenvalue weighted by molar-refractivity contribution is 9.09. The molecule has 1 rings (SSSR count). The first-order valence-electron chi connectivity index (χ1n) is 7.27. The lowest BCUT2D eigenvalue weighted by Crippen LogP contribution is -2.20. The predicted molar refractivity (Wildman–Crippen MR) is 79.2 cm³/mol. The number of hydrogen-bond donors (Lipinski definition) is 1. The third-order valence-corrected chi connectivity index (χ3v) is 5.00. The summed E-state index contributed by atoms with van der Waals surface area (Å²) in [4.78, 5) is 11.6. The van der Waals surface area contributed by atoms with Gasteiger partial charge in [0.1, 0.15) is 0 Å². The molecule has 2 unspecified atom stereocenters. The third-order valence-electron chi connectivity index (χ3n) is 4.17. The maximum atomic E-state index is 11.3. The van der Waals surface area contributed by atoms with Crippen molar-refractivity contribution in [3.63, 3.8) is 0 Å². The van der Waals surface area contributed by atoms with Gasteiger partial charge < -0.3 is 5.11 Å². The van der Waals surface area contributed by atoms with Crippen LogP contribution in [0.2, 0.25) is 0 Å². The van der Waals surface area contributed by atoms with Crippen molar-refractivity contribution in [2.75, 3.05) is 0 Å². The molecule has 0 radical (unpaired) electrons. The van der Waals surface area contributed by atoms with E-state index in [0.717, 1.165) is 32.1 Å². The van der Waals surface area contributed by atoms with Crippen LogP contribution in [0.5, 0.6) is 0 Å². The van der Waals surface area contributed by atoms with Crippen LogP contribution in [0.3, 0.4) is 0 Å². The van der Waals surface area contributed by atoms with E-state index in [1.807, 2.05) is 0 Å². The number of rotatable bonds is 1. The Bertz CT molecular complexity index is 263. The normalized spacial score (nSPS) is 31.1. The van der Waals surface area contributed by atoms with Crippen LogP contribution in [0.1, 0.15) is 71.6 Å². The highest BCUT2D eigenvalue weighted by Crippen LogP contribution is 2.33. The zero-order valence-corrected chi connectivity index (χ0v) is 13.3. The zero-order chi connectivity index (χ0) is 13.6. The van der Waals surface area contributed by atoms with E-state index in [0.29, 0.717) is 10.2 Å². The van der Waals surface area contributed by atoms with Gasteiger partial charge in [-0.2, -0.15) is 0 Å². The molecule has 0 aromatic rings. The van der Waals surface area contributed by atoms with E-state index in [1.54, 1.807) is 0 Å². The monoisotopic (exact) mass is 318 g/mol. The topological polar surface area (TPSA) is 37.3 Å². The van der Waals surface area contributed by atoms with E-state index >= 15 is 0 Å². The molecule has 0 amide bonds. The molecule has 1 N–H and O–H groups in total. The average Bonchev–Trinajstić information content (AvgIpc) is 2.25. The molecule has 1 saturated carbocycles. The van der Waals surface area contributed by atoms with Crippen LogP contribution in [0.25, 0.3) is 0 Å². The van der Waals surface area contributed by atoms with Gasteiger partial charge in [0.15, 0.2) is 0 Å². The number of alkyl halides is 1. The van der Waals surface area contributed by atoms with Gasteiger partial charge >= 0.3 is 5.97 Å². The van der Waals surface area contributed by atoms with Gasteiger partial charge in [0, 0.05) is 4.83 Å². The Morgan fingerprint density at radius 1 is 1.11 bits per heavy atom. The Labute approximate surface area is 120 Å². The summed E-state index contributed by atoms with van der Waals surface area (Å²) in [5, 5.41) is 9.27. The van der Waals surface area contributed by atoms with Crippen LogP contribution in [0.15, 0.2) is 0 Å². The fourth-order valence-electron chi connectivity index (χ4n) is 2.87. The quantitative estimate of drug-likeness (QED) is 0.690. The number of halogens is 1. The summed E-state index contributed by atoms with van der Waals surface area (Å²) in [6, 6.07) is 0. The second-order valence-electron chi connectivity index (χ2n) is 6.52. The van der Waals surface area contributed by atoms with Crippen molar-refractivity contribution in [2.24, 2.45) is 11.3 Å². The van der Waals surface area contributed by atoms with Crippen molar-refractivity contribution in [1.82, 2.24) is 0 Å². The number of aliphatic carboxylic acids is 1. The van der Waals surface area contributed by atoms with Crippen LogP contribution in [-0.4, -0.2) is 15.9 Å². The van der Waals surface area contributed by atoms with Gasteiger partial charge in [-0.05, 0) is 37.5 Å². The second-order valence-corrected chi connectivity index (χ2v) is 7.82. The molecule has 0 spiro atoms. The van der Waals surface area contributed by atoms with Crippen molar-refractivity contribution in [2.45, 2.75) is 76.5 Å². The summed E-state index contributed by atoms with van der Waals surface area (Å²) in [6.45, 7) is 4.64. The van der Waals surface area contributed by atoms with E-state index in [-0.39, 0.29) is 5.92 Å². The van der Waals surface area contributed by atoms with Crippen molar-refractivity contribution in [3.8, 4) is 0 Å². The first-order chi connectivity index (χ1) is 8.41. The fraction of sp³-hybridized carbons (Fsp3) is 0.933. The van der Waals surface area contributed by atoms with Gasteiger partial charge in [-0.3, -0.25) is 4.79 Å². The number of carboxylic acid groups (broad SMARTS) is 1. The van der Waals surface area contributed by atoms with E-state index in [1.165, 1.54) is 25.7 Å². The number of hydrogen-bond acceptors (Lipinski definition) is 1. The highest BCUT2D eigenvalue weighted by Gasteiger charge is 2.24. The molecule has 1 fully saturated rings. The van der Waals surface area contributed by atoms with E-state index < -0.39 is 5.97 Å². The zero-order valence-electron chi connectivity index (χ0n) is 11.8. The summed E-state index contributed by atoms with van der Waals surface area (Å²) >= 11 is 3.65. The van der Waals surface area contributed by atoms with Crippen molar-refractivity contribution in [3.05, 3.63) is 0 Å². The number of carbonyl (C=O) groups is 1. The molecule has 0 heterocycles. The molecule has 0 aliphatic heterocycles. The SMILES string of the molecule is CC1(C)CCCCCC(Br)CC(C(=O)O)CCC1. The molecule has 1 aliphatic carbocycles. The Kier molecular flexibility index (Phi) is 6.68. The minimum atomic E-state index is -0.616. The van der Waals surface area contributed by atoms with Crippen molar-refractivity contribution >= 4 is 21.9 Å². The smallest absolute Gasteiger partial charge is 0.306 e.